The summed E-state index contributed by atoms with van der Waals surface area (Å²) in [5.41, 5.74) is 2.97. The molecule has 1 aliphatic carbocycles. The third-order valence-corrected chi connectivity index (χ3v) is 6.05. The van der Waals surface area contributed by atoms with Crippen LogP contribution >= 0.6 is 0 Å². The van der Waals surface area contributed by atoms with Gasteiger partial charge in [0.05, 0.1) is 6.10 Å². The van der Waals surface area contributed by atoms with E-state index in [0.29, 0.717) is 23.8 Å². The molecule has 22 heavy (non-hydrogen) atoms. The fourth-order valence-corrected chi connectivity index (χ4v) is 4.59. The number of hydrogen-bond donors (Lipinski definition) is 1. The second-order valence-electron chi connectivity index (χ2n) is 7.33. The lowest BCUT2D eigenvalue weighted by atomic mass is 9.59. The zero-order valence-corrected chi connectivity index (χ0v) is 14.3. The van der Waals surface area contributed by atoms with Crippen molar-refractivity contribution in [1.29, 1.82) is 0 Å². The van der Waals surface area contributed by atoms with Crippen LogP contribution in [0.1, 0.15) is 45.2 Å². The minimum atomic E-state index is 0.183. The first-order chi connectivity index (χ1) is 10.5. The Morgan fingerprint density at radius 2 is 2.23 bits per heavy atom. The van der Waals surface area contributed by atoms with Crippen molar-refractivity contribution >= 4 is 0 Å². The molecule has 1 heterocycles. The molecule has 1 aromatic rings. The van der Waals surface area contributed by atoms with E-state index in [1.165, 1.54) is 11.1 Å². The Morgan fingerprint density at radius 3 is 2.95 bits per heavy atom. The summed E-state index contributed by atoms with van der Waals surface area (Å²) in [6, 6.07) is 6.54. The van der Waals surface area contributed by atoms with Gasteiger partial charge in [-0.2, -0.15) is 0 Å². The largest absolute Gasteiger partial charge is 0.508 e. The maximum atomic E-state index is 9.89. The normalized spacial score (nSPS) is 32.5. The van der Waals surface area contributed by atoms with Gasteiger partial charge in [0.15, 0.2) is 0 Å². The van der Waals surface area contributed by atoms with Crippen molar-refractivity contribution in [2.24, 2.45) is 5.92 Å². The highest BCUT2D eigenvalue weighted by Crippen LogP contribution is 2.49. The summed E-state index contributed by atoms with van der Waals surface area (Å²) in [5, 5.41) is 9.89. The molecule has 0 saturated carbocycles. The number of piperidine rings is 1. The van der Waals surface area contributed by atoms with E-state index in [9.17, 15) is 5.11 Å². The van der Waals surface area contributed by atoms with E-state index in [-0.39, 0.29) is 5.41 Å². The Hall–Kier alpha value is -1.06. The highest BCUT2D eigenvalue weighted by molar-refractivity contribution is 5.44. The molecule has 0 unspecified atom stereocenters. The van der Waals surface area contributed by atoms with Crippen molar-refractivity contribution in [2.45, 2.75) is 58.1 Å². The Morgan fingerprint density at radius 1 is 1.45 bits per heavy atom. The summed E-state index contributed by atoms with van der Waals surface area (Å²) in [4.78, 5) is 2.63. The molecule has 1 aliphatic heterocycles. The van der Waals surface area contributed by atoms with Crippen LogP contribution in [-0.2, 0) is 16.6 Å². The molecular formula is C19H29NO2. The van der Waals surface area contributed by atoms with Crippen LogP contribution in [-0.4, -0.2) is 41.8 Å². The molecule has 3 rings (SSSR count). The SMILES string of the molecule is CCO[C@H](C)CN1CC[C@]2(C)c3cc(O)ccc3C[C@@H]1[C@H]2C. The summed E-state index contributed by atoms with van der Waals surface area (Å²) in [6.45, 7) is 11.9. The fraction of sp³-hybridized carbons (Fsp3) is 0.684. The van der Waals surface area contributed by atoms with Crippen LogP contribution in [0.2, 0.25) is 0 Å². The quantitative estimate of drug-likeness (QED) is 0.926. The molecule has 1 aromatic carbocycles. The molecule has 122 valence electrons. The van der Waals surface area contributed by atoms with Gasteiger partial charge in [-0.15, -0.1) is 0 Å². The molecule has 2 aliphatic rings. The Balaban J connectivity index is 1.88. The van der Waals surface area contributed by atoms with Gasteiger partial charge in [-0.05, 0) is 67.8 Å². The molecule has 0 radical (unpaired) electrons. The van der Waals surface area contributed by atoms with E-state index in [1.807, 2.05) is 12.1 Å². The predicted octanol–water partition coefficient (Wildman–Crippen LogP) is 3.34. The van der Waals surface area contributed by atoms with Crippen molar-refractivity contribution in [3.8, 4) is 5.75 Å². The van der Waals surface area contributed by atoms with Gasteiger partial charge in [-0.25, -0.2) is 0 Å². The van der Waals surface area contributed by atoms with Crippen LogP contribution in [0.25, 0.3) is 0 Å². The smallest absolute Gasteiger partial charge is 0.115 e. The molecule has 2 bridgehead atoms. The van der Waals surface area contributed by atoms with E-state index < -0.39 is 0 Å². The molecule has 1 fully saturated rings. The van der Waals surface area contributed by atoms with Crippen molar-refractivity contribution in [1.82, 2.24) is 4.90 Å². The first-order valence-electron chi connectivity index (χ1n) is 8.63. The number of benzene rings is 1. The van der Waals surface area contributed by atoms with Crippen molar-refractivity contribution in [3.63, 3.8) is 0 Å². The number of ether oxygens (including phenoxy) is 1. The van der Waals surface area contributed by atoms with Gasteiger partial charge in [-0.1, -0.05) is 19.9 Å². The molecule has 1 saturated heterocycles. The lowest BCUT2D eigenvalue weighted by Crippen LogP contribution is -2.59. The van der Waals surface area contributed by atoms with Gasteiger partial charge < -0.3 is 9.84 Å². The summed E-state index contributed by atoms with van der Waals surface area (Å²) in [7, 11) is 0. The lowest BCUT2D eigenvalue weighted by Gasteiger charge is -2.55. The van der Waals surface area contributed by atoms with Gasteiger partial charge in [0.2, 0.25) is 0 Å². The molecule has 3 heteroatoms. The Labute approximate surface area is 134 Å². The molecular weight excluding hydrogens is 274 g/mol. The van der Waals surface area contributed by atoms with Crippen LogP contribution < -0.4 is 0 Å². The maximum Gasteiger partial charge on any atom is 0.115 e. The van der Waals surface area contributed by atoms with Crippen LogP contribution in [0.4, 0.5) is 0 Å². The number of rotatable bonds is 4. The van der Waals surface area contributed by atoms with Crippen molar-refractivity contribution in [2.75, 3.05) is 19.7 Å². The van der Waals surface area contributed by atoms with Gasteiger partial charge in [0.1, 0.15) is 5.75 Å². The number of hydrogen-bond acceptors (Lipinski definition) is 3. The second kappa shape index (κ2) is 5.86. The number of aromatic hydroxyl groups is 1. The standard InChI is InChI=1S/C19H29NO2/c1-5-22-13(2)12-20-9-8-19(4)14(3)18(20)10-15-6-7-16(21)11-17(15)19/h6-7,11,13-14,18,21H,5,8-10,12H2,1-4H3/t13-,14-,18-,19+/m1/s1. The average Bonchev–Trinajstić information content (AvgIpc) is 2.47. The number of phenols is 1. The molecule has 3 nitrogen and oxygen atoms in total. The number of likely N-dealkylation sites (tertiary alicyclic amines) is 1. The maximum absolute atomic E-state index is 9.89. The van der Waals surface area contributed by atoms with Crippen molar-refractivity contribution in [3.05, 3.63) is 29.3 Å². The first-order valence-corrected chi connectivity index (χ1v) is 8.63. The average molecular weight is 303 g/mol. The lowest BCUT2D eigenvalue weighted by molar-refractivity contribution is -0.0164. The number of fused-ring (bicyclic) bond motifs is 4. The minimum Gasteiger partial charge on any atom is -0.508 e. The molecule has 0 spiro atoms. The fourth-order valence-electron chi connectivity index (χ4n) is 4.59. The van der Waals surface area contributed by atoms with Gasteiger partial charge >= 0.3 is 0 Å². The van der Waals surface area contributed by atoms with E-state index in [4.69, 9.17) is 4.74 Å². The monoisotopic (exact) mass is 303 g/mol. The van der Waals surface area contributed by atoms with E-state index in [1.54, 1.807) is 0 Å². The van der Waals surface area contributed by atoms with E-state index >= 15 is 0 Å². The van der Waals surface area contributed by atoms with Crippen LogP contribution in [0.3, 0.4) is 0 Å². The van der Waals surface area contributed by atoms with Crippen molar-refractivity contribution < 1.29 is 9.84 Å². The van der Waals surface area contributed by atoms with Gasteiger partial charge in [-0.3, -0.25) is 4.90 Å². The van der Waals surface area contributed by atoms with E-state index in [2.05, 4.69) is 38.7 Å². The summed E-state index contributed by atoms with van der Waals surface area (Å²) in [5.74, 6) is 1.00. The van der Waals surface area contributed by atoms with Gasteiger partial charge in [0.25, 0.3) is 0 Å². The molecule has 0 aromatic heterocycles. The Bertz CT molecular complexity index is 544. The highest BCUT2D eigenvalue weighted by Gasteiger charge is 2.48. The topological polar surface area (TPSA) is 32.7 Å². The van der Waals surface area contributed by atoms with Crippen LogP contribution in [0.5, 0.6) is 5.75 Å². The summed E-state index contributed by atoms with van der Waals surface area (Å²) < 4.78 is 5.75. The van der Waals surface area contributed by atoms with E-state index in [0.717, 1.165) is 32.5 Å². The molecule has 4 atom stereocenters. The van der Waals surface area contributed by atoms with Crippen LogP contribution in [0.15, 0.2) is 18.2 Å². The zero-order valence-electron chi connectivity index (χ0n) is 14.3. The number of nitrogens with zero attached hydrogens (tertiary/aromatic N) is 1. The number of phenolic OH excluding ortho intramolecular Hbond substituents is 1. The van der Waals surface area contributed by atoms with Crippen LogP contribution in [0, 0.1) is 5.92 Å². The third-order valence-electron chi connectivity index (χ3n) is 6.05. The first kappa shape index (κ1) is 15.8. The van der Waals surface area contributed by atoms with Gasteiger partial charge in [0, 0.05) is 19.2 Å². The highest BCUT2D eigenvalue weighted by atomic mass is 16.5. The second-order valence-corrected chi connectivity index (χ2v) is 7.33. The third kappa shape index (κ3) is 2.55. The Kier molecular flexibility index (Phi) is 4.21. The summed E-state index contributed by atoms with van der Waals surface area (Å²) in [6.07, 6.45) is 2.54. The predicted molar refractivity (Wildman–Crippen MR) is 89.4 cm³/mol. The summed E-state index contributed by atoms with van der Waals surface area (Å²) >= 11 is 0. The minimum absolute atomic E-state index is 0.183. The molecule has 1 N–H and O–H groups in total. The zero-order chi connectivity index (χ0) is 15.9. The molecule has 0 amide bonds.